The molecular weight excluding hydrogens is 384 g/mol. The first kappa shape index (κ1) is 22.8. The molecule has 0 aliphatic heterocycles. The van der Waals surface area contributed by atoms with Crippen LogP contribution in [0.1, 0.15) is 51.4 Å². The van der Waals surface area contributed by atoms with Gasteiger partial charge in [-0.05, 0) is 30.3 Å². The SMILES string of the molecule is O=C(O)CSCCCS[C@H]1C(=O)CC(O)[C@@H]1C=CC(O)CC1CCCCC1. The number of thioether (sulfide) groups is 2. The van der Waals surface area contributed by atoms with Crippen molar-refractivity contribution in [2.45, 2.75) is 68.8 Å². The van der Waals surface area contributed by atoms with Crippen LogP contribution in [-0.2, 0) is 9.59 Å². The Kier molecular flexibility index (Phi) is 10.2. The van der Waals surface area contributed by atoms with Gasteiger partial charge in [0.1, 0.15) is 5.78 Å². The van der Waals surface area contributed by atoms with Gasteiger partial charge in [0, 0.05) is 12.3 Å². The Hall–Kier alpha value is -0.500. The van der Waals surface area contributed by atoms with Gasteiger partial charge in [-0.25, -0.2) is 0 Å². The van der Waals surface area contributed by atoms with Crippen molar-refractivity contribution in [1.82, 2.24) is 0 Å². The van der Waals surface area contributed by atoms with E-state index in [2.05, 4.69) is 0 Å². The van der Waals surface area contributed by atoms with Gasteiger partial charge >= 0.3 is 5.97 Å². The van der Waals surface area contributed by atoms with Gasteiger partial charge in [-0.3, -0.25) is 9.59 Å². The molecule has 7 heteroatoms. The number of rotatable bonds is 11. The average Bonchev–Trinajstić information content (AvgIpc) is 2.89. The number of aliphatic carboxylic acids is 1. The van der Waals surface area contributed by atoms with Crippen LogP contribution in [0.2, 0.25) is 0 Å². The Labute approximate surface area is 170 Å². The molecule has 154 valence electrons. The molecule has 2 saturated carbocycles. The summed E-state index contributed by atoms with van der Waals surface area (Å²) in [6, 6.07) is 0. The number of ketones is 1. The molecule has 5 nitrogen and oxygen atoms in total. The van der Waals surface area contributed by atoms with Crippen molar-refractivity contribution in [2.75, 3.05) is 17.3 Å². The van der Waals surface area contributed by atoms with Crippen molar-refractivity contribution < 1.29 is 24.9 Å². The van der Waals surface area contributed by atoms with Gasteiger partial charge in [0.2, 0.25) is 0 Å². The lowest BCUT2D eigenvalue weighted by Crippen LogP contribution is -2.22. The number of carboxylic acids is 1. The molecule has 0 bridgehead atoms. The van der Waals surface area contributed by atoms with Crippen molar-refractivity contribution >= 4 is 35.3 Å². The smallest absolute Gasteiger partial charge is 0.313 e. The zero-order valence-corrected chi connectivity index (χ0v) is 17.4. The Morgan fingerprint density at radius 3 is 2.67 bits per heavy atom. The van der Waals surface area contributed by atoms with Crippen LogP contribution in [0.3, 0.4) is 0 Å². The number of carbonyl (C=O) groups is 2. The van der Waals surface area contributed by atoms with E-state index in [9.17, 15) is 19.8 Å². The normalized spacial score (nSPS) is 28.1. The van der Waals surface area contributed by atoms with Gasteiger partial charge in [-0.1, -0.05) is 44.3 Å². The Morgan fingerprint density at radius 1 is 1.22 bits per heavy atom. The molecule has 2 aliphatic rings. The molecule has 0 saturated heterocycles. The second-order valence-electron chi connectivity index (χ2n) is 7.60. The molecule has 2 rings (SSSR count). The molecule has 0 aromatic heterocycles. The molecule has 0 radical (unpaired) electrons. The van der Waals surface area contributed by atoms with E-state index >= 15 is 0 Å². The topological polar surface area (TPSA) is 94.8 Å². The maximum atomic E-state index is 12.2. The van der Waals surface area contributed by atoms with Crippen LogP contribution in [0.25, 0.3) is 0 Å². The lowest BCUT2D eigenvalue weighted by Gasteiger charge is -2.23. The van der Waals surface area contributed by atoms with Gasteiger partial charge in [0.05, 0.1) is 23.2 Å². The third-order valence-corrected chi connectivity index (χ3v) is 7.82. The molecule has 2 unspecified atom stereocenters. The van der Waals surface area contributed by atoms with E-state index in [1.165, 1.54) is 43.9 Å². The highest BCUT2D eigenvalue weighted by molar-refractivity contribution is 8.01. The first-order valence-corrected chi connectivity index (χ1v) is 12.2. The number of carboxylic acid groups (broad SMARTS) is 1. The van der Waals surface area contributed by atoms with Crippen LogP contribution in [0.5, 0.6) is 0 Å². The van der Waals surface area contributed by atoms with E-state index in [-0.39, 0.29) is 29.1 Å². The Balaban J connectivity index is 1.76. The second kappa shape index (κ2) is 12.1. The standard InChI is InChI=1S/C20H32O5S2/c21-15(11-14-5-2-1-3-6-14)7-8-16-17(22)12-18(23)20(16)27-10-4-9-26-13-19(24)25/h7-8,14-17,20-22H,1-6,9-13H2,(H,24,25)/t15?,16-,17?,20+/m0/s1. The number of hydrogen-bond acceptors (Lipinski definition) is 6. The quantitative estimate of drug-likeness (QED) is 0.352. The highest BCUT2D eigenvalue weighted by Crippen LogP contribution is 2.35. The molecule has 0 amide bonds. The summed E-state index contributed by atoms with van der Waals surface area (Å²) >= 11 is 2.93. The summed E-state index contributed by atoms with van der Waals surface area (Å²) in [5, 5.41) is 28.9. The number of aliphatic hydroxyl groups excluding tert-OH is 2. The fraction of sp³-hybridized carbons (Fsp3) is 0.800. The van der Waals surface area contributed by atoms with Gasteiger partial charge < -0.3 is 15.3 Å². The third-order valence-electron chi connectivity index (χ3n) is 5.33. The summed E-state index contributed by atoms with van der Waals surface area (Å²) in [6.45, 7) is 0. The zero-order chi connectivity index (χ0) is 19.6. The summed E-state index contributed by atoms with van der Waals surface area (Å²) < 4.78 is 0. The predicted octanol–water partition coefficient (Wildman–Crippen LogP) is 3.13. The van der Waals surface area contributed by atoms with E-state index in [1.807, 2.05) is 6.08 Å². The molecular formula is C20H32O5S2. The number of aliphatic hydroxyl groups is 2. The van der Waals surface area contributed by atoms with Crippen molar-refractivity contribution in [3.63, 3.8) is 0 Å². The summed E-state index contributed by atoms with van der Waals surface area (Å²) in [7, 11) is 0. The van der Waals surface area contributed by atoms with Crippen LogP contribution < -0.4 is 0 Å². The molecule has 3 N–H and O–H groups in total. The molecule has 0 spiro atoms. The fourth-order valence-electron chi connectivity index (χ4n) is 3.94. The zero-order valence-electron chi connectivity index (χ0n) is 15.8. The molecule has 4 atom stereocenters. The summed E-state index contributed by atoms with van der Waals surface area (Å²) in [6.07, 6.45) is 10.4. The molecule has 0 heterocycles. The monoisotopic (exact) mass is 416 g/mol. The minimum Gasteiger partial charge on any atom is -0.481 e. The molecule has 0 aromatic rings. The summed E-state index contributed by atoms with van der Waals surface area (Å²) in [5.41, 5.74) is 0. The van der Waals surface area contributed by atoms with Gasteiger partial charge in [-0.15, -0.1) is 11.8 Å². The first-order valence-electron chi connectivity index (χ1n) is 9.95. The third kappa shape index (κ3) is 8.18. The minimum atomic E-state index is -0.807. The lowest BCUT2D eigenvalue weighted by molar-refractivity contribution is -0.133. The molecule has 27 heavy (non-hydrogen) atoms. The summed E-state index contributed by atoms with van der Waals surface area (Å²) in [4.78, 5) is 22.7. The van der Waals surface area contributed by atoms with E-state index in [1.54, 1.807) is 17.8 Å². The van der Waals surface area contributed by atoms with E-state index < -0.39 is 18.2 Å². The van der Waals surface area contributed by atoms with Crippen LogP contribution in [-0.4, -0.2) is 61.8 Å². The van der Waals surface area contributed by atoms with Crippen molar-refractivity contribution in [3.8, 4) is 0 Å². The molecule has 0 aromatic carbocycles. The van der Waals surface area contributed by atoms with Crippen molar-refractivity contribution in [2.24, 2.45) is 11.8 Å². The van der Waals surface area contributed by atoms with E-state index in [0.717, 1.165) is 24.3 Å². The Bertz CT molecular complexity index is 505. The summed E-state index contributed by atoms with van der Waals surface area (Å²) in [5.74, 6) is 1.24. The highest BCUT2D eigenvalue weighted by atomic mass is 32.2. The maximum Gasteiger partial charge on any atom is 0.313 e. The van der Waals surface area contributed by atoms with Gasteiger partial charge in [0.25, 0.3) is 0 Å². The van der Waals surface area contributed by atoms with E-state index in [0.29, 0.717) is 5.92 Å². The van der Waals surface area contributed by atoms with Crippen LogP contribution >= 0.6 is 23.5 Å². The minimum absolute atomic E-state index is 0.0714. The lowest BCUT2D eigenvalue weighted by atomic mass is 9.85. The van der Waals surface area contributed by atoms with Crippen LogP contribution in [0.15, 0.2) is 12.2 Å². The van der Waals surface area contributed by atoms with Crippen molar-refractivity contribution in [3.05, 3.63) is 12.2 Å². The predicted molar refractivity (Wildman–Crippen MR) is 111 cm³/mol. The molecule has 2 fully saturated rings. The molecule has 2 aliphatic carbocycles. The maximum absolute atomic E-state index is 12.2. The van der Waals surface area contributed by atoms with Gasteiger partial charge in [0.15, 0.2) is 0 Å². The van der Waals surface area contributed by atoms with E-state index in [4.69, 9.17) is 5.11 Å². The Morgan fingerprint density at radius 2 is 1.96 bits per heavy atom. The fourth-order valence-corrected chi connectivity index (χ4v) is 6.13. The average molecular weight is 417 g/mol. The first-order chi connectivity index (χ1) is 13.0. The number of carbonyl (C=O) groups excluding carboxylic acids is 1. The largest absolute Gasteiger partial charge is 0.481 e. The number of hydrogen-bond donors (Lipinski definition) is 3. The van der Waals surface area contributed by atoms with Gasteiger partial charge in [-0.2, -0.15) is 11.8 Å². The van der Waals surface area contributed by atoms with Crippen LogP contribution in [0, 0.1) is 11.8 Å². The van der Waals surface area contributed by atoms with Crippen molar-refractivity contribution in [1.29, 1.82) is 0 Å². The number of Topliss-reactive ketones (excluding diaryl/α,β-unsaturated/α-hetero) is 1. The van der Waals surface area contributed by atoms with Crippen LogP contribution in [0.4, 0.5) is 0 Å². The second-order valence-corrected chi connectivity index (χ2v) is 9.95. The highest BCUT2D eigenvalue weighted by Gasteiger charge is 2.40.